The zero-order valence-electron chi connectivity index (χ0n) is 14.3. The smallest absolute Gasteiger partial charge is 0.165 e. The molecule has 0 saturated heterocycles. The minimum atomic E-state index is -0.282. The molecule has 0 aromatic heterocycles. The number of unbranched alkanes of at least 4 members (excludes halogenated alkanes) is 4. The van der Waals surface area contributed by atoms with Gasteiger partial charge in [0.05, 0.1) is 6.61 Å². The van der Waals surface area contributed by atoms with Gasteiger partial charge in [-0.25, -0.2) is 4.39 Å². The first-order valence-electron chi connectivity index (χ1n) is 8.76. The van der Waals surface area contributed by atoms with Crippen molar-refractivity contribution in [3.05, 3.63) is 53.8 Å². The van der Waals surface area contributed by atoms with Crippen LogP contribution in [0.15, 0.2) is 42.5 Å². The molecule has 0 aliphatic carbocycles. The lowest BCUT2D eigenvalue weighted by molar-refractivity contribution is 0.290. The fourth-order valence-corrected chi connectivity index (χ4v) is 2.62. The Labute approximate surface area is 139 Å². The van der Waals surface area contributed by atoms with E-state index in [0.717, 1.165) is 30.4 Å². The molecule has 23 heavy (non-hydrogen) atoms. The minimum Gasteiger partial charge on any atom is -0.491 e. The predicted molar refractivity (Wildman–Crippen MR) is 95.5 cm³/mol. The normalized spacial score (nSPS) is 10.7. The highest BCUT2D eigenvalue weighted by Crippen LogP contribution is 2.26. The van der Waals surface area contributed by atoms with Crippen molar-refractivity contribution in [2.45, 2.75) is 52.4 Å². The number of hydrogen-bond donors (Lipinski definition) is 0. The second kappa shape index (κ2) is 9.34. The van der Waals surface area contributed by atoms with Gasteiger partial charge in [0, 0.05) is 0 Å². The van der Waals surface area contributed by atoms with Crippen LogP contribution in [-0.4, -0.2) is 6.61 Å². The lowest BCUT2D eigenvalue weighted by Gasteiger charge is -2.09. The van der Waals surface area contributed by atoms with Crippen LogP contribution in [0.2, 0.25) is 0 Å². The van der Waals surface area contributed by atoms with E-state index < -0.39 is 0 Å². The highest BCUT2D eigenvalue weighted by Gasteiger charge is 2.06. The Balaban J connectivity index is 1.92. The Kier molecular flexibility index (Phi) is 7.12. The van der Waals surface area contributed by atoms with Crippen molar-refractivity contribution < 1.29 is 9.13 Å². The van der Waals surface area contributed by atoms with E-state index in [1.807, 2.05) is 18.2 Å². The molecular formula is C21H27FO. The average molecular weight is 314 g/mol. The largest absolute Gasteiger partial charge is 0.491 e. The molecule has 124 valence electrons. The Morgan fingerprint density at radius 3 is 2.17 bits per heavy atom. The van der Waals surface area contributed by atoms with E-state index in [0.29, 0.717) is 12.4 Å². The molecule has 2 heteroatoms. The van der Waals surface area contributed by atoms with Gasteiger partial charge >= 0.3 is 0 Å². The van der Waals surface area contributed by atoms with Gasteiger partial charge in [-0.05, 0) is 41.7 Å². The van der Waals surface area contributed by atoms with Crippen LogP contribution in [0.1, 0.15) is 51.5 Å². The van der Waals surface area contributed by atoms with Crippen LogP contribution in [0.25, 0.3) is 11.1 Å². The maximum atomic E-state index is 14.2. The molecule has 0 N–H and O–H groups in total. The third-order valence-electron chi connectivity index (χ3n) is 4.13. The van der Waals surface area contributed by atoms with Gasteiger partial charge in [0.2, 0.25) is 0 Å². The fourth-order valence-electron chi connectivity index (χ4n) is 2.62. The van der Waals surface area contributed by atoms with Crippen molar-refractivity contribution >= 4 is 0 Å². The molecule has 2 rings (SSSR count). The van der Waals surface area contributed by atoms with Gasteiger partial charge in [0.15, 0.2) is 11.6 Å². The lowest BCUT2D eigenvalue weighted by atomic mass is 10.0. The minimum absolute atomic E-state index is 0.282. The number of rotatable bonds is 9. The summed E-state index contributed by atoms with van der Waals surface area (Å²) < 4.78 is 19.8. The maximum absolute atomic E-state index is 14.2. The highest BCUT2D eigenvalue weighted by molar-refractivity contribution is 5.64. The van der Waals surface area contributed by atoms with Crippen molar-refractivity contribution in [2.24, 2.45) is 0 Å². The summed E-state index contributed by atoms with van der Waals surface area (Å²) in [4.78, 5) is 0. The van der Waals surface area contributed by atoms with Crippen molar-refractivity contribution in [3.8, 4) is 16.9 Å². The third kappa shape index (κ3) is 5.38. The van der Waals surface area contributed by atoms with E-state index in [1.54, 1.807) is 12.1 Å². The van der Waals surface area contributed by atoms with E-state index in [1.165, 1.54) is 24.8 Å². The molecule has 0 aliphatic rings. The van der Waals surface area contributed by atoms with Gasteiger partial charge in [-0.15, -0.1) is 0 Å². The molecule has 0 fully saturated rings. The van der Waals surface area contributed by atoms with Crippen molar-refractivity contribution in [1.29, 1.82) is 0 Å². The van der Waals surface area contributed by atoms with E-state index in [4.69, 9.17) is 4.74 Å². The van der Waals surface area contributed by atoms with Gasteiger partial charge in [0.1, 0.15) is 0 Å². The zero-order valence-corrected chi connectivity index (χ0v) is 14.3. The Morgan fingerprint density at radius 2 is 1.52 bits per heavy atom. The summed E-state index contributed by atoms with van der Waals surface area (Å²) in [5, 5.41) is 0. The molecule has 0 spiro atoms. The molecule has 0 radical (unpaired) electrons. The maximum Gasteiger partial charge on any atom is 0.165 e. The number of halogens is 1. The van der Waals surface area contributed by atoms with Crippen molar-refractivity contribution in [1.82, 2.24) is 0 Å². The molecule has 0 heterocycles. The zero-order chi connectivity index (χ0) is 16.5. The van der Waals surface area contributed by atoms with Gasteiger partial charge in [0.25, 0.3) is 0 Å². The molecule has 0 saturated carbocycles. The summed E-state index contributed by atoms with van der Waals surface area (Å²) in [6.07, 6.45) is 6.88. The van der Waals surface area contributed by atoms with Crippen LogP contribution in [0.3, 0.4) is 0 Å². The summed E-state index contributed by atoms with van der Waals surface area (Å²) >= 11 is 0. The van der Waals surface area contributed by atoms with E-state index >= 15 is 0 Å². The van der Waals surface area contributed by atoms with E-state index in [9.17, 15) is 4.39 Å². The summed E-state index contributed by atoms with van der Waals surface area (Å²) in [6, 6.07) is 13.5. The molecule has 0 aliphatic heterocycles. The monoisotopic (exact) mass is 314 g/mol. The standard InChI is InChI=1S/C21H27FO/c1-3-5-6-7-8-15-23-21-14-13-19(16-20(21)22)18-11-9-17(4-2)10-12-18/h9-14,16H,3-8,15H2,1-2H3. The Bertz CT molecular complexity index is 589. The van der Waals surface area contributed by atoms with Crippen molar-refractivity contribution in [3.63, 3.8) is 0 Å². The molecule has 2 aromatic rings. The van der Waals surface area contributed by atoms with Crippen LogP contribution in [-0.2, 0) is 6.42 Å². The first-order valence-corrected chi connectivity index (χ1v) is 8.76. The van der Waals surface area contributed by atoms with Gasteiger partial charge in [-0.3, -0.25) is 0 Å². The second-order valence-electron chi connectivity index (χ2n) is 5.96. The van der Waals surface area contributed by atoms with Crippen LogP contribution in [0, 0.1) is 5.82 Å². The SMILES string of the molecule is CCCCCCCOc1ccc(-c2ccc(CC)cc2)cc1F. The summed E-state index contributed by atoms with van der Waals surface area (Å²) in [7, 11) is 0. The third-order valence-corrected chi connectivity index (χ3v) is 4.13. The number of aryl methyl sites for hydroxylation is 1. The first-order chi connectivity index (χ1) is 11.2. The summed E-state index contributed by atoms with van der Waals surface area (Å²) in [5.74, 6) is 0.0741. The quantitative estimate of drug-likeness (QED) is 0.486. The van der Waals surface area contributed by atoms with Gasteiger partial charge in [-0.2, -0.15) is 0 Å². The van der Waals surface area contributed by atoms with Crippen LogP contribution in [0.4, 0.5) is 4.39 Å². The van der Waals surface area contributed by atoms with E-state index in [-0.39, 0.29) is 5.82 Å². The van der Waals surface area contributed by atoms with E-state index in [2.05, 4.69) is 26.0 Å². The highest BCUT2D eigenvalue weighted by atomic mass is 19.1. The second-order valence-corrected chi connectivity index (χ2v) is 5.96. The van der Waals surface area contributed by atoms with Crippen LogP contribution >= 0.6 is 0 Å². The molecule has 0 bridgehead atoms. The van der Waals surface area contributed by atoms with Crippen molar-refractivity contribution in [2.75, 3.05) is 6.61 Å². The van der Waals surface area contributed by atoms with Crippen LogP contribution < -0.4 is 4.74 Å². The lowest BCUT2D eigenvalue weighted by Crippen LogP contribution is -1.99. The van der Waals surface area contributed by atoms with Crippen LogP contribution in [0.5, 0.6) is 5.75 Å². The molecule has 0 unspecified atom stereocenters. The predicted octanol–water partition coefficient (Wildman–Crippen LogP) is 6.40. The number of ether oxygens (including phenoxy) is 1. The fraction of sp³-hybridized carbons (Fsp3) is 0.429. The molecule has 2 aromatic carbocycles. The summed E-state index contributed by atoms with van der Waals surface area (Å²) in [5.41, 5.74) is 3.21. The number of benzene rings is 2. The molecular weight excluding hydrogens is 287 g/mol. The number of hydrogen-bond acceptors (Lipinski definition) is 1. The Hall–Kier alpha value is -1.83. The molecule has 0 amide bonds. The summed E-state index contributed by atoms with van der Waals surface area (Å²) in [6.45, 7) is 4.91. The molecule has 1 nitrogen and oxygen atoms in total. The molecule has 0 atom stereocenters. The van der Waals surface area contributed by atoms with Gasteiger partial charge < -0.3 is 4.74 Å². The Morgan fingerprint density at radius 1 is 0.826 bits per heavy atom. The first kappa shape index (κ1) is 17.5. The average Bonchev–Trinajstić information content (AvgIpc) is 2.59. The topological polar surface area (TPSA) is 9.23 Å². The van der Waals surface area contributed by atoms with Gasteiger partial charge in [-0.1, -0.05) is 69.9 Å².